The predicted octanol–water partition coefficient (Wildman–Crippen LogP) is 1.84. The van der Waals surface area contributed by atoms with E-state index in [0.717, 1.165) is 11.5 Å². The van der Waals surface area contributed by atoms with Crippen LogP contribution in [0.4, 0.5) is 0 Å². The molecule has 0 aliphatic rings. The van der Waals surface area contributed by atoms with Crippen LogP contribution in [0.2, 0.25) is 19.6 Å². The Morgan fingerprint density at radius 1 is 1.18 bits per heavy atom. The Balaban J connectivity index is 3.21. The Morgan fingerprint density at radius 2 is 1.73 bits per heavy atom. The molecule has 0 saturated heterocycles. The zero-order valence-corrected chi connectivity index (χ0v) is 8.86. The molecule has 0 N–H and O–H groups in total. The lowest BCUT2D eigenvalue weighted by Crippen LogP contribution is -2.39. The Morgan fingerprint density at radius 3 is 1.91 bits per heavy atom. The fraction of sp³-hybridized carbons (Fsp3) is 0.625. The van der Waals surface area contributed by atoms with Crippen LogP contribution < -0.4 is 5.19 Å². The minimum absolute atomic E-state index is 1.00. The molecule has 3 heteroatoms. The van der Waals surface area contributed by atoms with Crippen LogP contribution in [0.15, 0.2) is 4.52 Å². The lowest BCUT2D eigenvalue weighted by Gasteiger charge is -2.14. The van der Waals surface area contributed by atoms with Crippen molar-refractivity contribution in [1.29, 1.82) is 0 Å². The second kappa shape index (κ2) is 2.48. The van der Waals surface area contributed by atoms with E-state index < -0.39 is 8.07 Å². The summed E-state index contributed by atoms with van der Waals surface area (Å²) in [6.07, 6.45) is 0. The number of aromatic nitrogens is 1. The Hall–Kier alpha value is -0.573. The van der Waals surface area contributed by atoms with Gasteiger partial charge in [0.05, 0.1) is 13.8 Å². The standard InChI is InChI=1S/C8H15NOSi/c1-6-8(11(3,4)5)7(2)10-9-6/h1-5H3. The summed E-state index contributed by atoms with van der Waals surface area (Å²) in [5.74, 6) is 1.00. The highest BCUT2D eigenvalue weighted by atomic mass is 28.3. The maximum Gasteiger partial charge on any atom is 0.133 e. The molecule has 0 spiro atoms. The fourth-order valence-corrected chi connectivity index (χ4v) is 3.79. The summed E-state index contributed by atoms with van der Waals surface area (Å²) in [7, 11) is -1.23. The molecule has 0 radical (unpaired) electrons. The van der Waals surface area contributed by atoms with Gasteiger partial charge in [0, 0.05) is 5.19 Å². The minimum Gasteiger partial charge on any atom is -0.362 e. The average Bonchev–Trinajstić information content (AvgIpc) is 2.08. The quantitative estimate of drug-likeness (QED) is 0.600. The zero-order valence-electron chi connectivity index (χ0n) is 7.86. The van der Waals surface area contributed by atoms with Gasteiger partial charge in [-0.25, -0.2) is 0 Å². The van der Waals surface area contributed by atoms with Crippen molar-refractivity contribution in [2.75, 3.05) is 0 Å². The van der Waals surface area contributed by atoms with Crippen LogP contribution in [0.5, 0.6) is 0 Å². The van der Waals surface area contributed by atoms with E-state index in [9.17, 15) is 0 Å². The molecule has 0 bridgehead atoms. The van der Waals surface area contributed by atoms with Crippen molar-refractivity contribution in [3.05, 3.63) is 11.5 Å². The van der Waals surface area contributed by atoms with Crippen molar-refractivity contribution in [3.63, 3.8) is 0 Å². The van der Waals surface area contributed by atoms with Crippen LogP contribution in [-0.4, -0.2) is 13.2 Å². The molecule has 0 saturated carbocycles. The van der Waals surface area contributed by atoms with Crippen LogP contribution >= 0.6 is 0 Å². The Bertz CT molecular complexity index is 240. The van der Waals surface area contributed by atoms with Crippen LogP contribution in [0.3, 0.4) is 0 Å². The van der Waals surface area contributed by atoms with Crippen molar-refractivity contribution in [2.24, 2.45) is 0 Å². The molecule has 0 aliphatic carbocycles. The lowest BCUT2D eigenvalue weighted by atomic mass is 10.4. The molecule has 1 heterocycles. The van der Waals surface area contributed by atoms with Crippen LogP contribution in [0, 0.1) is 13.8 Å². The third kappa shape index (κ3) is 1.53. The van der Waals surface area contributed by atoms with Gasteiger partial charge in [-0.15, -0.1) is 0 Å². The number of rotatable bonds is 1. The van der Waals surface area contributed by atoms with Gasteiger partial charge in [0.25, 0.3) is 0 Å². The molecule has 0 fully saturated rings. The second-order valence-electron chi connectivity index (χ2n) is 3.95. The van der Waals surface area contributed by atoms with Crippen LogP contribution in [0.1, 0.15) is 11.5 Å². The third-order valence-electron chi connectivity index (χ3n) is 1.78. The maximum absolute atomic E-state index is 5.11. The highest BCUT2D eigenvalue weighted by Gasteiger charge is 2.24. The molecule has 1 aromatic heterocycles. The van der Waals surface area contributed by atoms with E-state index >= 15 is 0 Å². The van der Waals surface area contributed by atoms with Gasteiger partial charge in [0.15, 0.2) is 0 Å². The van der Waals surface area contributed by atoms with Gasteiger partial charge in [-0.1, -0.05) is 24.8 Å². The number of hydrogen-bond acceptors (Lipinski definition) is 2. The van der Waals surface area contributed by atoms with E-state index in [2.05, 4.69) is 24.8 Å². The molecule has 1 aromatic rings. The normalized spacial score (nSPS) is 12.1. The van der Waals surface area contributed by atoms with Crippen molar-refractivity contribution in [1.82, 2.24) is 5.16 Å². The third-order valence-corrected chi connectivity index (χ3v) is 4.00. The van der Waals surface area contributed by atoms with Crippen molar-refractivity contribution in [3.8, 4) is 0 Å². The molecule has 1 rings (SSSR count). The average molecular weight is 169 g/mol. The van der Waals surface area contributed by atoms with E-state index in [4.69, 9.17) is 4.52 Å². The summed E-state index contributed by atoms with van der Waals surface area (Å²) in [5, 5.41) is 5.32. The molecule has 11 heavy (non-hydrogen) atoms. The molecule has 62 valence electrons. The summed E-state index contributed by atoms with van der Waals surface area (Å²) < 4.78 is 5.11. The van der Waals surface area contributed by atoms with Gasteiger partial charge in [0.1, 0.15) is 5.76 Å². The molecule has 0 unspecified atom stereocenters. The number of nitrogens with zero attached hydrogens (tertiary/aromatic N) is 1. The summed E-state index contributed by atoms with van der Waals surface area (Å²) >= 11 is 0. The van der Waals surface area contributed by atoms with Gasteiger partial charge < -0.3 is 4.52 Å². The highest BCUT2D eigenvalue weighted by molar-refractivity contribution is 6.89. The first-order chi connectivity index (χ1) is 4.93. The monoisotopic (exact) mass is 169 g/mol. The zero-order chi connectivity index (χ0) is 8.65. The van der Waals surface area contributed by atoms with Crippen molar-refractivity contribution < 1.29 is 4.52 Å². The number of aryl methyl sites for hydroxylation is 2. The fourth-order valence-electron chi connectivity index (χ4n) is 1.55. The largest absolute Gasteiger partial charge is 0.362 e. The van der Waals surface area contributed by atoms with Crippen molar-refractivity contribution in [2.45, 2.75) is 33.5 Å². The minimum atomic E-state index is -1.23. The molecular weight excluding hydrogens is 154 g/mol. The van der Waals surface area contributed by atoms with Gasteiger partial charge in [-0.05, 0) is 13.8 Å². The van der Waals surface area contributed by atoms with E-state index in [-0.39, 0.29) is 0 Å². The Kier molecular flexibility index (Phi) is 1.92. The van der Waals surface area contributed by atoms with Crippen LogP contribution in [0.25, 0.3) is 0 Å². The summed E-state index contributed by atoms with van der Waals surface area (Å²) in [6.45, 7) is 10.9. The molecule has 2 nitrogen and oxygen atoms in total. The Labute approximate surface area is 68.6 Å². The molecule has 0 aromatic carbocycles. The van der Waals surface area contributed by atoms with E-state index in [1.54, 1.807) is 0 Å². The second-order valence-corrected chi connectivity index (χ2v) is 8.95. The lowest BCUT2D eigenvalue weighted by molar-refractivity contribution is 0.394. The van der Waals surface area contributed by atoms with Gasteiger partial charge in [-0.3, -0.25) is 0 Å². The maximum atomic E-state index is 5.11. The first-order valence-corrected chi connectivity index (χ1v) is 7.36. The van der Waals surface area contributed by atoms with Gasteiger partial charge >= 0.3 is 0 Å². The summed E-state index contributed by atoms with van der Waals surface area (Å²) in [5.41, 5.74) is 1.07. The summed E-state index contributed by atoms with van der Waals surface area (Å²) in [4.78, 5) is 0. The van der Waals surface area contributed by atoms with Gasteiger partial charge in [-0.2, -0.15) is 0 Å². The molecule has 0 amide bonds. The van der Waals surface area contributed by atoms with Gasteiger partial charge in [0.2, 0.25) is 0 Å². The first kappa shape index (κ1) is 8.52. The number of hydrogen-bond donors (Lipinski definition) is 0. The summed E-state index contributed by atoms with van der Waals surface area (Å²) in [6, 6.07) is 0. The van der Waals surface area contributed by atoms with E-state index in [1.165, 1.54) is 5.19 Å². The SMILES string of the molecule is Cc1noc(C)c1[Si](C)(C)C. The van der Waals surface area contributed by atoms with E-state index in [1.807, 2.05) is 13.8 Å². The first-order valence-electron chi connectivity index (χ1n) is 3.86. The predicted molar refractivity (Wildman–Crippen MR) is 49.0 cm³/mol. The molecule has 0 atom stereocenters. The topological polar surface area (TPSA) is 26.0 Å². The highest BCUT2D eigenvalue weighted by Crippen LogP contribution is 2.08. The smallest absolute Gasteiger partial charge is 0.133 e. The van der Waals surface area contributed by atoms with Crippen LogP contribution in [-0.2, 0) is 0 Å². The molecule has 0 aliphatic heterocycles. The van der Waals surface area contributed by atoms with Crippen molar-refractivity contribution >= 4 is 13.3 Å². The van der Waals surface area contributed by atoms with E-state index in [0.29, 0.717) is 0 Å². The molecular formula is C8H15NOSi.